The second kappa shape index (κ2) is 7.05. The van der Waals surface area contributed by atoms with Gasteiger partial charge in [0.15, 0.2) is 0 Å². The zero-order valence-electron chi connectivity index (χ0n) is 17.2. The van der Waals surface area contributed by atoms with Gasteiger partial charge in [-0.05, 0) is 64.0 Å². The molecule has 1 aliphatic carbocycles. The molecule has 0 radical (unpaired) electrons. The van der Waals surface area contributed by atoms with Crippen molar-refractivity contribution in [2.45, 2.75) is 82.7 Å². The number of hydrogen-bond donors (Lipinski definition) is 1. The van der Waals surface area contributed by atoms with Gasteiger partial charge in [-0.3, -0.25) is 4.79 Å². The van der Waals surface area contributed by atoms with Gasteiger partial charge in [-0.2, -0.15) is 0 Å². The van der Waals surface area contributed by atoms with Crippen LogP contribution in [0.5, 0.6) is 0 Å². The SMILES string of the molecule is CC(C)(C)OC(=O)N1CCC(c2cnc3c(c2)C2(CCCCC2)C(=O)N3)CC1. The van der Waals surface area contributed by atoms with Crippen LogP contribution in [0.15, 0.2) is 12.3 Å². The standard InChI is InChI=1S/C22H31N3O3/c1-21(2,3)28-20(27)25-11-7-15(8-12-25)16-13-17-18(23-14-16)24-19(26)22(17)9-5-4-6-10-22/h13-15H,4-12H2,1-3H3,(H,23,24,26). The highest BCUT2D eigenvalue weighted by Gasteiger charge is 2.48. The van der Waals surface area contributed by atoms with Crippen molar-refractivity contribution in [3.05, 3.63) is 23.4 Å². The van der Waals surface area contributed by atoms with Crippen molar-refractivity contribution in [2.75, 3.05) is 18.4 Å². The van der Waals surface area contributed by atoms with Crippen LogP contribution in [0.25, 0.3) is 0 Å². The molecule has 1 aromatic rings. The summed E-state index contributed by atoms with van der Waals surface area (Å²) in [6.07, 6.45) is 8.74. The highest BCUT2D eigenvalue weighted by molar-refractivity contribution is 6.05. The first kappa shape index (κ1) is 19.2. The minimum Gasteiger partial charge on any atom is -0.444 e. The van der Waals surface area contributed by atoms with Gasteiger partial charge in [0, 0.05) is 24.8 Å². The molecule has 1 saturated heterocycles. The molecule has 1 aromatic heterocycles. The highest BCUT2D eigenvalue weighted by Crippen LogP contribution is 2.47. The monoisotopic (exact) mass is 385 g/mol. The third-order valence-electron chi connectivity index (χ3n) is 6.42. The molecule has 1 saturated carbocycles. The molecular formula is C22H31N3O3. The van der Waals surface area contributed by atoms with Gasteiger partial charge >= 0.3 is 6.09 Å². The molecule has 2 fully saturated rings. The number of fused-ring (bicyclic) bond motifs is 2. The average molecular weight is 386 g/mol. The Kier molecular flexibility index (Phi) is 4.84. The number of aromatic nitrogens is 1. The van der Waals surface area contributed by atoms with Crippen molar-refractivity contribution in [3.8, 4) is 0 Å². The Balaban J connectivity index is 1.47. The summed E-state index contributed by atoms with van der Waals surface area (Å²) < 4.78 is 5.49. The van der Waals surface area contributed by atoms with Crippen LogP contribution in [-0.2, 0) is 14.9 Å². The van der Waals surface area contributed by atoms with Gasteiger partial charge in [-0.25, -0.2) is 9.78 Å². The van der Waals surface area contributed by atoms with E-state index in [1.807, 2.05) is 27.0 Å². The molecule has 28 heavy (non-hydrogen) atoms. The molecule has 0 atom stereocenters. The number of nitrogens with zero attached hydrogens (tertiary/aromatic N) is 2. The van der Waals surface area contributed by atoms with Crippen LogP contribution in [-0.4, -0.2) is 40.6 Å². The lowest BCUT2D eigenvalue weighted by Crippen LogP contribution is -2.41. The molecule has 6 nitrogen and oxygen atoms in total. The maximum atomic E-state index is 12.7. The topological polar surface area (TPSA) is 71.5 Å². The second-order valence-corrected chi connectivity index (χ2v) is 9.50. The average Bonchev–Trinajstić information content (AvgIpc) is 2.92. The molecule has 0 unspecified atom stereocenters. The molecular weight excluding hydrogens is 354 g/mol. The lowest BCUT2D eigenvalue weighted by Gasteiger charge is -2.34. The van der Waals surface area contributed by atoms with Crippen molar-refractivity contribution in [1.29, 1.82) is 0 Å². The zero-order chi connectivity index (χ0) is 19.9. The van der Waals surface area contributed by atoms with E-state index in [0.717, 1.165) is 49.9 Å². The first-order valence-electron chi connectivity index (χ1n) is 10.6. The maximum absolute atomic E-state index is 12.7. The second-order valence-electron chi connectivity index (χ2n) is 9.50. The third-order valence-corrected chi connectivity index (χ3v) is 6.42. The van der Waals surface area contributed by atoms with E-state index in [4.69, 9.17) is 4.74 Å². The van der Waals surface area contributed by atoms with Gasteiger partial charge in [0.1, 0.15) is 11.4 Å². The number of pyridine rings is 1. The van der Waals surface area contributed by atoms with E-state index in [1.54, 1.807) is 4.90 Å². The Bertz CT molecular complexity index is 770. The van der Waals surface area contributed by atoms with Crippen molar-refractivity contribution >= 4 is 17.8 Å². The number of carbonyl (C=O) groups is 2. The quantitative estimate of drug-likeness (QED) is 0.780. The van der Waals surface area contributed by atoms with E-state index in [2.05, 4.69) is 16.4 Å². The van der Waals surface area contributed by atoms with E-state index in [1.165, 1.54) is 12.0 Å². The minimum absolute atomic E-state index is 0.131. The fourth-order valence-electron chi connectivity index (χ4n) is 4.89. The minimum atomic E-state index is -0.467. The van der Waals surface area contributed by atoms with Crippen LogP contribution in [0, 0.1) is 0 Å². The van der Waals surface area contributed by atoms with Gasteiger partial charge in [-0.1, -0.05) is 19.3 Å². The molecule has 6 heteroatoms. The van der Waals surface area contributed by atoms with Crippen LogP contribution >= 0.6 is 0 Å². The number of carbonyl (C=O) groups excluding carboxylic acids is 2. The van der Waals surface area contributed by atoms with Gasteiger partial charge < -0.3 is 15.0 Å². The summed E-state index contributed by atoms with van der Waals surface area (Å²) in [5, 5.41) is 3.01. The van der Waals surface area contributed by atoms with Crippen molar-refractivity contribution in [1.82, 2.24) is 9.88 Å². The van der Waals surface area contributed by atoms with E-state index >= 15 is 0 Å². The molecule has 4 rings (SSSR count). The van der Waals surface area contributed by atoms with Crippen molar-refractivity contribution in [3.63, 3.8) is 0 Å². The van der Waals surface area contributed by atoms with E-state index in [0.29, 0.717) is 19.0 Å². The number of amides is 2. The summed E-state index contributed by atoms with van der Waals surface area (Å²) in [4.78, 5) is 31.4. The molecule has 0 bridgehead atoms. The molecule has 152 valence electrons. The van der Waals surface area contributed by atoms with Crippen molar-refractivity contribution < 1.29 is 14.3 Å². The van der Waals surface area contributed by atoms with Crippen LogP contribution in [0.1, 0.15) is 82.8 Å². The summed E-state index contributed by atoms with van der Waals surface area (Å²) in [5.41, 5.74) is 1.47. The predicted octanol–water partition coefficient (Wildman–Crippen LogP) is 4.35. The molecule has 3 heterocycles. The number of nitrogens with one attached hydrogen (secondary N) is 1. The maximum Gasteiger partial charge on any atom is 0.410 e. The first-order chi connectivity index (χ1) is 13.3. The molecule has 0 aromatic carbocycles. The Morgan fingerprint density at radius 2 is 1.89 bits per heavy atom. The number of ether oxygens (including phenoxy) is 1. The fourth-order valence-corrected chi connectivity index (χ4v) is 4.89. The number of anilines is 1. The Labute approximate surface area is 167 Å². The summed E-state index contributed by atoms with van der Waals surface area (Å²) in [5.74, 6) is 1.25. The summed E-state index contributed by atoms with van der Waals surface area (Å²) in [6.45, 7) is 7.07. The van der Waals surface area contributed by atoms with E-state index in [9.17, 15) is 9.59 Å². The molecule has 2 amide bonds. The molecule has 1 spiro atoms. The van der Waals surface area contributed by atoms with Crippen LogP contribution in [0.3, 0.4) is 0 Å². The lowest BCUT2D eigenvalue weighted by molar-refractivity contribution is -0.121. The number of rotatable bonds is 1. The molecule has 3 aliphatic rings. The summed E-state index contributed by atoms with van der Waals surface area (Å²) in [6, 6.07) is 2.22. The highest BCUT2D eigenvalue weighted by atomic mass is 16.6. The Hall–Kier alpha value is -2.11. The van der Waals surface area contributed by atoms with E-state index in [-0.39, 0.29) is 17.4 Å². The van der Waals surface area contributed by atoms with Crippen LogP contribution in [0.4, 0.5) is 10.6 Å². The van der Waals surface area contributed by atoms with E-state index < -0.39 is 5.60 Å². The first-order valence-corrected chi connectivity index (χ1v) is 10.6. The Morgan fingerprint density at radius 1 is 1.21 bits per heavy atom. The third kappa shape index (κ3) is 3.49. The lowest BCUT2D eigenvalue weighted by atomic mass is 9.70. The number of likely N-dealkylation sites (tertiary alicyclic amines) is 1. The van der Waals surface area contributed by atoms with Crippen molar-refractivity contribution in [2.24, 2.45) is 0 Å². The number of hydrogen-bond acceptors (Lipinski definition) is 4. The predicted molar refractivity (Wildman–Crippen MR) is 107 cm³/mol. The Morgan fingerprint density at radius 3 is 2.54 bits per heavy atom. The smallest absolute Gasteiger partial charge is 0.410 e. The zero-order valence-corrected chi connectivity index (χ0v) is 17.2. The fraction of sp³-hybridized carbons (Fsp3) is 0.682. The van der Waals surface area contributed by atoms with Crippen LogP contribution in [0.2, 0.25) is 0 Å². The summed E-state index contributed by atoms with van der Waals surface area (Å²) >= 11 is 0. The van der Waals surface area contributed by atoms with Gasteiger partial charge in [-0.15, -0.1) is 0 Å². The largest absolute Gasteiger partial charge is 0.444 e. The van der Waals surface area contributed by atoms with Gasteiger partial charge in [0.2, 0.25) is 5.91 Å². The number of piperidine rings is 1. The van der Waals surface area contributed by atoms with Gasteiger partial charge in [0.05, 0.1) is 5.41 Å². The summed E-state index contributed by atoms with van der Waals surface area (Å²) in [7, 11) is 0. The van der Waals surface area contributed by atoms with Crippen LogP contribution < -0.4 is 5.32 Å². The normalized spacial score (nSPS) is 22.1. The van der Waals surface area contributed by atoms with Gasteiger partial charge in [0.25, 0.3) is 0 Å². The molecule has 1 N–H and O–H groups in total. The molecule has 2 aliphatic heterocycles.